The molecule has 0 spiro atoms. The number of nitrogens with one attached hydrogen (secondary N) is 1. The largest absolute Gasteiger partial charge is 0.447 e. The summed E-state index contributed by atoms with van der Waals surface area (Å²) in [5.74, 6) is -0.666. The van der Waals surface area contributed by atoms with E-state index in [1.54, 1.807) is 12.1 Å². The highest BCUT2D eigenvalue weighted by molar-refractivity contribution is 5.85. The summed E-state index contributed by atoms with van der Waals surface area (Å²) in [7, 11) is 0. The molecule has 0 unspecified atom stereocenters. The summed E-state index contributed by atoms with van der Waals surface area (Å²) in [6.07, 6.45) is 1.68. The Morgan fingerprint density at radius 2 is 1.75 bits per heavy atom. The lowest BCUT2D eigenvalue weighted by molar-refractivity contribution is -0.156. The number of fused-ring (bicyclic) bond motifs is 1. The van der Waals surface area contributed by atoms with E-state index in [0.29, 0.717) is 12.0 Å². The molecule has 0 aliphatic heterocycles. The topological polar surface area (TPSA) is 68.3 Å². The lowest BCUT2D eigenvalue weighted by Crippen LogP contribution is -2.33. The van der Waals surface area contributed by atoms with Crippen molar-refractivity contribution in [2.75, 3.05) is 0 Å². The molecular weight excluding hydrogens is 352 g/mol. The maximum atomic E-state index is 12.5. The van der Waals surface area contributed by atoms with Crippen molar-refractivity contribution < 1.29 is 14.3 Å². The Balaban J connectivity index is 1.41. The van der Waals surface area contributed by atoms with Gasteiger partial charge in [0.15, 0.2) is 0 Å². The summed E-state index contributed by atoms with van der Waals surface area (Å²) in [5.41, 5.74) is 2.41. The molecule has 142 valence electrons. The van der Waals surface area contributed by atoms with Gasteiger partial charge in [0.2, 0.25) is 6.10 Å². The Morgan fingerprint density at radius 3 is 2.54 bits per heavy atom. The molecule has 2 aromatic carbocycles. The molecule has 1 aromatic heterocycles. The van der Waals surface area contributed by atoms with Crippen LogP contribution in [0.5, 0.6) is 0 Å². The Labute approximate surface area is 163 Å². The Kier molecular flexibility index (Phi) is 5.33. The van der Waals surface area contributed by atoms with E-state index in [-0.39, 0.29) is 18.4 Å². The fraction of sp³-hybridized carbons (Fsp3) is 0.261. The fourth-order valence-corrected chi connectivity index (χ4v) is 3.07. The molecule has 4 rings (SSSR count). The number of hydrogen-bond acceptors (Lipinski definition) is 4. The number of aromatic nitrogens is 1. The molecule has 28 heavy (non-hydrogen) atoms. The zero-order valence-electron chi connectivity index (χ0n) is 15.5. The number of aryl methyl sites for hydroxylation is 1. The lowest BCUT2D eigenvalue weighted by Gasteiger charge is -2.18. The minimum Gasteiger partial charge on any atom is -0.447 e. The quantitative estimate of drug-likeness (QED) is 0.640. The van der Waals surface area contributed by atoms with E-state index in [1.807, 2.05) is 54.6 Å². The van der Waals surface area contributed by atoms with E-state index in [9.17, 15) is 9.59 Å². The van der Waals surface area contributed by atoms with Gasteiger partial charge < -0.3 is 10.1 Å². The lowest BCUT2D eigenvalue weighted by atomic mass is 10.1. The summed E-state index contributed by atoms with van der Waals surface area (Å²) in [6, 6.07) is 21.1. The van der Waals surface area contributed by atoms with E-state index in [2.05, 4.69) is 10.3 Å². The van der Waals surface area contributed by atoms with Crippen molar-refractivity contribution in [3.05, 3.63) is 78.0 Å². The number of ether oxygens (including phenoxy) is 1. The first-order valence-electron chi connectivity index (χ1n) is 9.58. The van der Waals surface area contributed by atoms with Gasteiger partial charge in [0.25, 0.3) is 5.91 Å². The Bertz CT molecular complexity index is 983. The maximum absolute atomic E-state index is 12.5. The molecule has 1 atom stereocenters. The smallest absolute Gasteiger partial charge is 0.307 e. The van der Waals surface area contributed by atoms with Crippen LogP contribution in [0.15, 0.2) is 66.7 Å². The van der Waals surface area contributed by atoms with E-state index >= 15 is 0 Å². The summed E-state index contributed by atoms with van der Waals surface area (Å²) in [5, 5.41) is 3.99. The van der Waals surface area contributed by atoms with Crippen molar-refractivity contribution in [3.63, 3.8) is 0 Å². The first-order valence-corrected chi connectivity index (χ1v) is 9.58. The molecule has 3 aromatic rings. The SMILES string of the molecule is O=C(CCc1ccc2ccccc2n1)O[C@@H](C(=O)NC1CC1)c1ccccc1. The van der Waals surface area contributed by atoms with Crippen LogP contribution < -0.4 is 5.32 Å². The summed E-state index contributed by atoms with van der Waals surface area (Å²) < 4.78 is 5.56. The number of carbonyl (C=O) groups is 2. The molecule has 0 radical (unpaired) electrons. The maximum Gasteiger partial charge on any atom is 0.307 e. The second-order valence-electron chi connectivity index (χ2n) is 7.06. The van der Waals surface area contributed by atoms with Crippen molar-refractivity contribution in [1.29, 1.82) is 0 Å². The van der Waals surface area contributed by atoms with Gasteiger partial charge >= 0.3 is 5.97 Å². The number of para-hydroxylation sites is 1. The third-order valence-electron chi connectivity index (χ3n) is 4.75. The molecule has 1 aliphatic carbocycles. The average Bonchev–Trinajstić information content (AvgIpc) is 3.55. The van der Waals surface area contributed by atoms with Gasteiger partial charge in [-0.25, -0.2) is 0 Å². The number of carbonyl (C=O) groups excluding carboxylic acids is 2. The number of esters is 1. The van der Waals surface area contributed by atoms with Crippen LogP contribution in [0.1, 0.15) is 36.6 Å². The van der Waals surface area contributed by atoms with Crippen molar-refractivity contribution in [2.45, 2.75) is 37.8 Å². The van der Waals surface area contributed by atoms with Crippen molar-refractivity contribution in [3.8, 4) is 0 Å². The number of hydrogen-bond donors (Lipinski definition) is 1. The molecule has 1 fully saturated rings. The van der Waals surface area contributed by atoms with Gasteiger partial charge in [-0.05, 0) is 25.0 Å². The van der Waals surface area contributed by atoms with E-state index in [1.165, 1.54) is 0 Å². The van der Waals surface area contributed by atoms with E-state index in [0.717, 1.165) is 29.4 Å². The number of benzene rings is 2. The first kappa shape index (κ1) is 18.2. The standard InChI is InChI=1S/C23H22N2O3/c26-21(15-14-18-11-10-16-6-4-5-9-20(16)24-18)28-22(17-7-2-1-3-8-17)23(27)25-19-12-13-19/h1-11,19,22H,12-15H2,(H,25,27)/t22-/m1/s1. The average molecular weight is 374 g/mol. The highest BCUT2D eigenvalue weighted by atomic mass is 16.5. The number of nitrogens with zero attached hydrogens (tertiary/aromatic N) is 1. The molecule has 5 heteroatoms. The Morgan fingerprint density at radius 1 is 1.00 bits per heavy atom. The van der Waals surface area contributed by atoms with Crippen LogP contribution in [0.4, 0.5) is 0 Å². The van der Waals surface area contributed by atoms with Gasteiger partial charge in [0.05, 0.1) is 11.9 Å². The minimum absolute atomic E-state index is 0.172. The van der Waals surface area contributed by atoms with Crippen molar-refractivity contribution >= 4 is 22.8 Å². The number of rotatable bonds is 7. The van der Waals surface area contributed by atoms with Gasteiger partial charge in [-0.2, -0.15) is 0 Å². The second kappa shape index (κ2) is 8.21. The van der Waals surface area contributed by atoms with E-state index in [4.69, 9.17) is 4.74 Å². The van der Waals surface area contributed by atoms with Crippen molar-refractivity contribution in [2.24, 2.45) is 0 Å². The van der Waals surface area contributed by atoms with Crippen LogP contribution in [0.25, 0.3) is 10.9 Å². The van der Waals surface area contributed by atoms with Gasteiger partial charge in [0.1, 0.15) is 0 Å². The van der Waals surface area contributed by atoms with Crippen LogP contribution in [-0.2, 0) is 20.7 Å². The van der Waals surface area contributed by atoms with Crippen LogP contribution in [0.3, 0.4) is 0 Å². The summed E-state index contributed by atoms with van der Waals surface area (Å²) in [4.78, 5) is 29.6. The highest BCUT2D eigenvalue weighted by Gasteiger charge is 2.30. The van der Waals surface area contributed by atoms with Crippen LogP contribution in [0.2, 0.25) is 0 Å². The first-order chi connectivity index (χ1) is 13.7. The molecule has 1 amide bonds. The fourth-order valence-electron chi connectivity index (χ4n) is 3.07. The summed E-state index contributed by atoms with van der Waals surface area (Å²) >= 11 is 0. The number of amides is 1. The molecule has 0 saturated heterocycles. The molecule has 1 aliphatic rings. The third-order valence-corrected chi connectivity index (χ3v) is 4.75. The van der Waals surface area contributed by atoms with Gasteiger partial charge in [-0.3, -0.25) is 14.6 Å². The van der Waals surface area contributed by atoms with Gasteiger partial charge in [-0.15, -0.1) is 0 Å². The summed E-state index contributed by atoms with van der Waals surface area (Å²) in [6.45, 7) is 0. The molecule has 0 bridgehead atoms. The van der Waals surface area contributed by atoms with Crippen LogP contribution in [-0.4, -0.2) is 22.9 Å². The van der Waals surface area contributed by atoms with Crippen molar-refractivity contribution in [1.82, 2.24) is 10.3 Å². The molecule has 1 saturated carbocycles. The monoisotopic (exact) mass is 374 g/mol. The normalized spacial score (nSPS) is 14.4. The Hall–Kier alpha value is -3.21. The zero-order valence-corrected chi connectivity index (χ0v) is 15.5. The predicted molar refractivity (Wildman–Crippen MR) is 107 cm³/mol. The molecule has 5 nitrogen and oxygen atoms in total. The number of pyridine rings is 1. The second-order valence-corrected chi connectivity index (χ2v) is 7.06. The molecule has 1 heterocycles. The van der Waals surface area contributed by atoms with Gasteiger partial charge in [-0.1, -0.05) is 54.6 Å². The molecule has 1 N–H and O–H groups in total. The third kappa shape index (κ3) is 4.55. The van der Waals surface area contributed by atoms with Crippen LogP contribution in [0, 0.1) is 0 Å². The van der Waals surface area contributed by atoms with Crippen LogP contribution >= 0.6 is 0 Å². The predicted octanol–water partition coefficient (Wildman–Crippen LogP) is 3.73. The zero-order chi connectivity index (χ0) is 19.3. The van der Waals surface area contributed by atoms with Gasteiger partial charge in [0, 0.05) is 29.1 Å². The van der Waals surface area contributed by atoms with E-state index < -0.39 is 12.1 Å². The highest BCUT2D eigenvalue weighted by Crippen LogP contribution is 2.23. The minimum atomic E-state index is -0.918. The molecular formula is C23H22N2O3.